The second-order valence-corrected chi connectivity index (χ2v) is 8.39. The first-order valence-corrected chi connectivity index (χ1v) is 10.9. The number of benzene rings is 3. The summed E-state index contributed by atoms with van der Waals surface area (Å²) in [5.74, 6) is -0.535. The zero-order chi connectivity index (χ0) is 22.7. The number of carbonyl (C=O) groups is 2. The molecule has 1 heterocycles. The average Bonchev–Trinajstić information content (AvgIpc) is 2.88. The molecule has 2 amide bonds. The van der Waals surface area contributed by atoms with Crippen molar-refractivity contribution >= 4 is 46.4 Å². The molecule has 5 nitrogen and oxygen atoms in total. The lowest BCUT2D eigenvalue weighted by Gasteiger charge is -2.24. The summed E-state index contributed by atoms with van der Waals surface area (Å²) < 4.78 is 0. The highest BCUT2D eigenvalue weighted by atomic mass is 35.5. The molecule has 3 aromatic rings. The second-order valence-electron chi connectivity index (χ2n) is 7.51. The average molecular weight is 466 g/mol. The molecule has 0 aliphatic carbocycles. The minimum absolute atomic E-state index is 0.129. The second kappa shape index (κ2) is 9.55. The number of hydrogen-bond acceptors (Lipinski definition) is 3. The van der Waals surface area contributed by atoms with E-state index in [9.17, 15) is 9.59 Å². The van der Waals surface area contributed by atoms with Crippen molar-refractivity contribution in [1.82, 2.24) is 5.32 Å². The Balaban J connectivity index is 1.63. The van der Waals surface area contributed by atoms with E-state index < -0.39 is 6.04 Å². The predicted octanol–water partition coefficient (Wildman–Crippen LogP) is 4.88. The van der Waals surface area contributed by atoms with Gasteiger partial charge in [-0.25, -0.2) is 0 Å². The standard InChI is InChI=1S/C25H21Cl2N3O2/c1-16-25(32)30(15-23(31)28-14-17-6-5-9-19(26)12-17)22-11-10-20(27)13-21(22)24(29-16)18-7-3-2-4-8-18/h2-13,16H,14-15H2,1H3,(H,28,31)/t16-/m0/s1. The van der Waals surface area contributed by atoms with Crippen LogP contribution in [-0.4, -0.2) is 30.1 Å². The molecular weight excluding hydrogens is 445 g/mol. The Morgan fingerprint density at radius 3 is 2.50 bits per heavy atom. The topological polar surface area (TPSA) is 61.8 Å². The van der Waals surface area contributed by atoms with E-state index in [2.05, 4.69) is 5.32 Å². The predicted molar refractivity (Wildman–Crippen MR) is 129 cm³/mol. The molecule has 0 saturated carbocycles. The first kappa shape index (κ1) is 22.1. The molecular formula is C25H21Cl2N3O2. The number of fused-ring (bicyclic) bond motifs is 1. The summed E-state index contributed by atoms with van der Waals surface area (Å²) in [5, 5.41) is 3.99. The number of nitrogens with one attached hydrogen (secondary N) is 1. The van der Waals surface area contributed by atoms with Gasteiger partial charge in [0.1, 0.15) is 12.6 Å². The molecule has 0 bridgehead atoms. The normalized spacial score (nSPS) is 15.6. The molecule has 1 atom stereocenters. The quantitative estimate of drug-likeness (QED) is 0.583. The number of amides is 2. The van der Waals surface area contributed by atoms with E-state index in [1.54, 1.807) is 37.3 Å². The number of hydrogen-bond donors (Lipinski definition) is 1. The summed E-state index contributed by atoms with van der Waals surface area (Å²) in [7, 11) is 0. The zero-order valence-electron chi connectivity index (χ0n) is 17.4. The van der Waals surface area contributed by atoms with E-state index in [4.69, 9.17) is 28.2 Å². The first-order chi connectivity index (χ1) is 15.4. The number of rotatable bonds is 5. The fraction of sp³-hybridized carbons (Fsp3) is 0.160. The molecule has 0 saturated heterocycles. The Bertz CT molecular complexity index is 1190. The largest absolute Gasteiger partial charge is 0.350 e. The van der Waals surface area contributed by atoms with Crippen LogP contribution in [0.25, 0.3) is 0 Å². The number of anilines is 1. The minimum atomic E-state index is -0.655. The van der Waals surface area contributed by atoms with Gasteiger partial charge in [-0.15, -0.1) is 0 Å². The van der Waals surface area contributed by atoms with E-state index in [0.717, 1.165) is 11.1 Å². The third-order valence-corrected chi connectivity index (χ3v) is 5.65. The summed E-state index contributed by atoms with van der Waals surface area (Å²) in [6, 6.07) is 21.5. The molecule has 1 aliphatic heterocycles. The molecule has 32 heavy (non-hydrogen) atoms. The lowest BCUT2D eigenvalue weighted by Crippen LogP contribution is -2.43. The van der Waals surface area contributed by atoms with Gasteiger partial charge >= 0.3 is 0 Å². The van der Waals surface area contributed by atoms with Crippen molar-refractivity contribution in [2.24, 2.45) is 4.99 Å². The van der Waals surface area contributed by atoms with Crippen LogP contribution >= 0.6 is 23.2 Å². The van der Waals surface area contributed by atoms with Crippen LogP contribution in [0.3, 0.4) is 0 Å². The molecule has 0 fully saturated rings. The third kappa shape index (κ3) is 4.85. The van der Waals surface area contributed by atoms with Gasteiger partial charge in [0, 0.05) is 27.7 Å². The molecule has 1 N–H and O–H groups in total. The monoisotopic (exact) mass is 465 g/mol. The van der Waals surface area contributed by atoms with Gasteiger partial charge in [0.2, 0.25) is 5.91 Å². The Morgan fingerprint density at radius 2 is 1.75 bits per heavy atom. The van der Waals surface area contributed by atoms with Crippen molar-refractivity contribution in [3.05, 3.63) is 99.5 Å². The summed E-state index contributed by atoms with van der Waals surface area (Å²) in [6.45, 7) is 1.92. The fourth-order valence-electron chi connectivity index (χ4n) is 3.63. The van der Waals surface area contributed by atoms with Gasteiger partial charge in [0.25, 0.3) is 5.91 Å². The van der Waals surface area contributed by atoms with Crippen LogP contribution in [0.1, 0.15) is 23.6 Å². The zero-order valence-corrected chi connectivity index (χ0v) is 18.9. The van der Waals surface area contributed by atoms with E-state index in [1.165, 1.54) is 4.90 Å². The molecule has 4 rings (SSSR count). The van der Waals surface area contributed by atoms with Crippen molar-refractivity contribution in [2.75, 3.05) is 11.4 Å². The van der Waals surface area contributed by atoms with Crippen LogP contribution in [0.5, 0.6) is 0 Å². The Kier molecular flexibility index (Phi) is 6.58. The summed E-state index contributed by atoms with van der Waals surface area (Å²) in [5.41, 5.74) is 3.74. The third-order valence-electron chi connectivity index (χ3n) is 5.18. The van der Waals surface area contributed by atoms with Gasteiger partial charge in [-0.05, 0) is 42.8 Å². The lowest BCUT2D eigenvalue weighted by molar-refractivity contribution is -0.124. The maximum atomic E-state index is 13.2. The van der Waals surface area contributed by atoms with Crippen LogP contribution in [-0.2, 0) is 16.1 Å². The molecule has 0 radical (unpaired) electrons. The molecule has 0 spiro atoms. The van der Waals surface area contributed by atoms with Crippen molar-refractivity contribution < 1.29 is 9.59 Å². The van der Waals surface area contributed by atoms with Gasteiger partial charge in [0.05, 0.1) is 11.4 Å². The van der Waals surface area contributed by atoms with Crippen molar-refractivity contribution in [3.8, 4) is 0 Å². The van der Waals surface area contributed by atoms with Gasteiger partial charge in [-0.2, -0.15) is 0 Å². The smallest absolute Gasteiger partial charge is 0.252 e. The minimum Gasteiger partial charge on any atom is -0.350 e. The first-order valence-electron chi connectivity index (χ1n) is 10.2. The van der Waals surface area contributed by atoms with Crippen LogP contribution in [0.15, 0.2) is 77.8 Å². The lowest BCUT2D eigenvalue weighted by atomic mass is 10.00. The highest BCUT2D eigenvalue weighted by Crippen LogP contribution is 2.31. The van der Waals surface area contributed by atoms with E-state index in [-0.39, 0.29) is 18.4 Å². The molecule has 162 valence electrons. The molecule has 7 heteroatoms. The van der Waals surface area contributed by atoms with Gasteiger partial charge in [-0.1, -0.05) is 65.7 Å². The van der Waals surface area contributed by atoms with E-state index in [0.29, 0.717) is 33.6 Å². The van der Waals surface area contributed by atoms with Gasteiger partial charge in [0.15, 0.2) is 0 Å². The van der Waals surface area contributed by atoms with E-state index in [1.807, 2.05) is 42.5 Å². The Hall–Kier alpha value is -3.15. The number of halogens is 2. The number of benzodiazepines with no additional fused rings is 1. The summed E-state index contributed by atoms with van der Waals surface area (Å²) in [4.78, 5) is 32.1. The van der Waals surface area contributed by atoms with Gasteiger partial charge in [-0.3, -0.25) is 14.6 Å². The number of carbonyl (C=O) groups excluding carboxylic acids is 2. The van der Waals surface area contributed by atoms with Crippen molar-refractivity contribution in [1.29, 1.82) is 0 Å². The fourth-order valence-corrected chi connectivity index (χ4v) is 4.02. The van der Waals surface area contributed by atoms with Gasteiger partial charge < -0.3 is 10.2 Å². The van der Waals surface area contributed by atoms with Crippen LogP contribution in [0.2, 0.25) is 10.0 Å². The van der Waals surface area contributed by atoms with Crippen molar-refractivity contribution in [2.45, 2.75) is 19.5 Å². The van der Waals surface area contributed by atoms with Crippen LogP contribution in [0.4, 0.5) is 5.69 Å². The molecule has 3 aromatic carbocycles. The maximum Gasteiger partial charge on any atom is 0.252 e. The molecule has 0 unspecified atom stereocenters. The van der Waals surface area contributed by atoms with E-state index >= 15 is 0 Å². The maximum absolute atomic E-state index is 13.2. The highest BCUT2D eigenvalue weighted by Gasteiger charge is 2.31. The highest BCUT2D eigenvalue weighted by molar-refractivity contribution is 6.32. The number of nitrogens with zero attached hydrogens (tertiary/aromatic N) is 2. The Morgan fingerprint density at radius 1 is 1.00 bits per heavy atom. The summed E-state index contributed by atoms with van der Waals surface area (Å²) >= 11 is 12.3. The molecule has 1 aliphatic rings. The van der Waals surface area contributed by atoms with Crippen molar-refractivity contribution in [3.63, 3.8) is 0 Å². The van der Waals surface area contributed by atoms with Crippen LogP contribution < -0.4 is 10.2 Å². The Labute approximate surface area is 196 Å². The molecule has 0 aromatic heterocycles. The number of aliphatic imine (C=N–C) groups is 1. The summed E-state index contributed by atoms with van der Waals surface area (Å²) in [6.07, 6.45) is 0. The van der Waals surface area contributed by atoms with Crippen LogP contribution in [0, 0.1) is 0 Å². The SMILES string of the molecule is C[C@@H]1N=C(c2ccccc2)c2cc(Cl)ccc2N(CC(=O)NCc2cccc(Cl)c2)C1=O.